The Bertz CT molecular complexity index is 436. The third kappa shape index (κ3) is 2.76. The van der Waals surface area contributed by atoms with E-state index in [4.69, 9.17) is 0 Å². The Kier molecular flexibility index (Phi) is 3.10. The second kappa shape index (κ2) is 4.70. The fourth-order valence-corrected chi connectivity index (χ4v) is 1.43. The van der Waals surface area contributed by atoms with Crippen LogP contribution in [0.25, 0.3) is 0 Å². The number of pyridine rings is 1. The Morgan fingerprint density at radius 3 is 2.75 bits per heavy atom. The van der Waals surface area contributed by atoms with E-state index in [1.54, 1.807) is 6.33 Å². The highest BCUT2D eigenvalue weighted by Crippen LogP contribution is 2.06. The summed E-state index contributed by atoms with van der Waals surface area (Å²) in [5.74, 6) is 0.872. The van der Waals surface area contributed by atoms with Crippen molar-refractivity contribution in [2.45, 2.75) is 20.4 Å². The zero-order chi connectivity index (χ0) is 11.4. The molecule has 0 aliphatic heterocycles. The van der Waals surface area contributed by atoms with E-state index in [1.807, 2.05) is 38.1 Å². The Balaban J connectivity index is 2.02. The molecule has 2 heterocycles. The van der Waals surface area contributed by atoms with Crippen molar-refractivity contribution >= 4 is 5.82 Å². The van der Waals surface area contributed by atoms with Crippen LogP contribution in [0.15, 0.2) is 30.6 Å². The van der Waals surface area contributed by atoms with E-state index in [2.05, 4.69) is 20.3 Å². The van der Waals surface area contributed by atoms with E-state index in [0.717, 1.165) is 22.9 Å². The number of nitrogens with zero attached hydrogens (tertiary/aromatic N) is 3. The molecule has 2 rings (SSSR count). The molecule has 0 aromatic carbocycles. The van der Waals surface area contributed by atoms with Crippen LogP contribution in [0.3, 0.4) is 0 Å². The van der Waals surface area contributed by atoms with Crippen molar-refractivity contribution in [2.24, 2.45) is 0 Å². The molecule has 0 saturated heterocycles. The third-order valence-electron chi connectivity index (χ3n) is 2.20. The average Bonchev–Trinajstić information content (AvgIpc) is 2.27. The van der Waals surface area contributed by atoms with Gasteiger partial charge in [0.05, 0.1) is 12.2 Å². The van der Waals surface area contributed by atoms with E-state index >= 15 is 0 Å². The van der Waals surface area contributed by atoms with Gasteiger partial charge in [0, 0.05) is 11.4 Å². The molecule has 2 aromatic rings. The summed E-state index contributed by atoms with van der Waals surface area (Å²) >= 11 is 0. The molecule has 0 aliphatic rings. The maximum absolute atomic E-state index is 4.36. The van der Waals surface area contributed by atoms with Crippen LogP contribution in [0.2, 0.25) is 0 Å². The highest BCUT2D eigenvalue weighted by molar-refractivity contribution is 5.35. The van der Waals surface area contributed by atoms with Crippen molar-refractivity contribution in [1.82, 2.24) is 15.0 Å². The van der Waals surface area contributed by atoms with E-state index in [9.17, 15) is 0 Å². The predicted octanol–water partition coefficient (Wildman–Crippen LogP) is 2.10. The lowest BCUT2D eigenvalue weighted by Crippen LogP contribution is -2.04. The monoisotopic (exact) mass is 214 g/mol. The zero-order valence-corrected chi connectivity index (χ0v) is 9.44. The smallest absolute Gasteiger partial charge is 0.126 e. The molecule has 1 N–H and O–H groups in total. The van der Waals surface area contributed by atoms with Crippen LogP contribution in [0, 0.1) is 13.8 Å². The number of anilines is 1. The van der Waals surface area contributed by atoms with Crippen molar-refractivity contribution in [3.8, 4) is 0 Å². The SMILES string of the molecule is Cc1cc(CNc2cccc(C)n2)ncn1. The minimum atomic E-state index is 0.666. The van der Waals surface area contributed by atoms with Gasteiger partial charge in [0.2, 0.25) is 0 Å². The van der Waals surface area contributed by atoms with Crippen LogP contribution in [-0.2, 0) is 6.54 Å². The van der Waals surface area contributed by atoms with Crippen LogP contribution in [0.5, 0.6) is 0 Å². The summed E-state index contributed by atoms with van der Waals surface area (Å²) in [4.78, 5) is 12.6. The summed E-state index contributed by atoms with van der Waals surface area (Å²) in [7, 11) is 0. The number of aromatic nitrogens is 3. The normalized spacial score (nSPS) is 10.1. The molecule has 0 amide bonds. The molecule has 0 saturated carbocycles. The van der Waals surface area contributed by atoms with Crippen molar-refractivity contribution in [3.63, 3.8) is 0 Å². The van der Waals surface area contributed by atoms with Gasteiger partial charge in [-0.05, 0) is 32.0 Å². The van der Waals surface area contributed by atoms with Gasteiger partial charge in [-0.25, -0.2) is 15.0 Å². The first kappa shape index (κ1) is 10.5. The molecule has 0 unspecified atom stereocenters. The first-order valence-corrected chi connectivity index (χ1v) is 5.19. The molecule has 0 aliphatic carbocycles. The first-order valence-electron chi connectivity index (χ1n) is 5.19. The quantitative estimate of drug-likeness (QED) is 0.850. The largest absolute Gasteiger partial charge is 0.364 e. The van der Waals surface area contributed by atoms with Crippen LogP contribution in [0.1, 0.15) is 17.1 Å². The van der Waals surface area contributed by atoms with Crippen molar-refractivity contribution < 1.29 is 0 Å². The molecule has 4 nitrogen and oxygen atoms in total. The summed E-state index contributed by atoms with van der Waals surface area (Å²) in [6.07, 6.45) is 1.58. The Hall–Kier alpha value is -1.97. The molecule has 0 bridgehead atoms. The highest BCUT2D eigenvalue weighted by Gasteiger charge is 1.97. The summed E-state index contributed by atoms with van der Waals surface area (Å²) in [6.45, 7) is 4.59. The molecular weight excluding hydrogens is 200 g/mol. The first-order chi connectivity index (χ1) is 7.74. The van der Waals surface area contributed by atoms with Gasteiger partial charge in [-0.3, -0.25) is 0 Å². The lowest BCUT2D eigenvalue weighted by atomic mass is 10.3. The van der Waals surface area contributed by atoms with Crippen LogP contribution in [0.4, 0.5) is 5.82 Å². The van der Waals surface area contributed by atoms with Gasteiger partial charge in [-0.15, -0.1) is 0 Å². The molecule has 4 heteroatoms. The Morgan fingerprint density at radius 2 is 2.00 bits per heavy atom. The maximum atomic E-state index is 4.36. The minimum Gasteiger partial charge on any atom is -0.364 e. The highest BCUT2D eigenvalue weighted by atomic mass is 15.0. The van der Waals surface area contributed by atoms with Gasteiger partial charge in [0.25, 0.3) is 0 Å². The van der Waals surface area contributed by atoms with Gasteiger partial charge in [0.15, 0.2) is 0 Å². The van der Waals surface area contributed by atoms with Crippen molar-refractivity contribution in [1.29, 1.82) is 0 Å². The number of rotatable bonds is 3. The minimum absolute atomic E-state index is 0.666. The summed E-state index contributed by atoms with van der Waals surface area (Å²) < 4.78 is 0. The summed E-state index contributed by atoms with van der Waals surface area (Å²) in [6, 6.07) is 7.86. The third-order valence-corrected chi connectivity index (χ3v) is 2.20. The lowest BCUT2D eigenvalue weighted by molar-refractivity contribution is 0.972. The topological polar surface area (TPSA) is 50.7 Å². The summed E-state index contributed by atoms with van der Waals surface area (Å²) in [5, 5.41) is 3.23. The molecular formula is C12H14N4. The van der Waals surface area contributed by atoms with Crippen molar-refractivity contribution in [3.05, 3.63) is 47.7 Å². The van der Waals surface area contributed by atoms with E-state index in [-0.39, 0.29) is 0 Å². The van der Waals surface area contributed by atoms with Crippen LogP contribution in [-0.4, -0.2) is 15.0 Å². The molecule has 0 fully saturated rings. The van der Waals surface area contributed by atoms with Crippen LogP contribution < -0.4 is 5.32 Å². The second-order valence-electron chi connectivity index (χ2n) is 3.67. The Morgan fingerprint density at radius 1 is 1.12 bits per heavy atom. The van der Waals surface area contributed by atoms with Gasteiger partial charge in [0.1, 0.15) is 12.1 Å². The predicted molar refractivity (Wildman–Crippen MR) is 63.1 cm³/mol. The lowest BCUT2D eigenvalue weighted by Gasteiger charge is -2.05. The van der Waals surface area contributed by atoms with Gasteiger partial charge in [-0.2, -0.15) is 0 Å². The number of hydrogen-bond donors (Lipinski definition) is 1. The van der Waals surface area contributed by atoms with Crippen LogP contribution >= 0.6 is 0 Å². The van der Waals surface area contributed by atoms with E-state index < -0.39 is 0 Å². The van der Waals surface area contributed by atoms with Gasteiger partial charge >= 0.3 is 0 Å². The maximum Gasteiger partial charge on any atom is 0.126 e. The molecule has 0 atom stereocenters. The molecule has 0 spiro atoms. The summed E-state index contributed by atoms with van der Waals surface area (Å²) in [5.41, 5.74) is 2.95. The number of hydrogen-bond acceptors (Lipinski definition) is 4. The molecule has 0 radical (unpaired) electrons. The second-order valence-corrected chi connectivity index (χ2v) is 3.67. The molecule has 16 heavy (non-hydrogen) atoms. The Labute approximate surface area is 94.8 Å². The number of aryl methyl sites for hydroxylation is 2. The fraction of sp³-hybridized carbons (Fsp3) is 0.250. The van der Waals surface area contributed by atoms with Crippen molar-refractivity contribution in [2.75, 3.05) is 5.32 Å². The zero-order valence-electron chi connectivity index (χ0n) is 9.44. The van der Waals surface area contributed by atoms with Gasteiger partial charge < -0.3 is 5.32 Å². The molecule has 2 aromatic heterocycles. The van der Waals surface area contributed by atoms with Gasteiger partial charge in [-0.1, -0.05) is 6.07 Å². The fourth-order valence-electron chi connectivity index (χ4n) is 1.43. The average molecular weight is 214 g/mol. The molecule has 82 valence electrons. The number of nitrogens with one attached hydrogen (secondary N) is 1. The van der Waals surface area contributed by atoms with E-state index in [0.29, 0.717) is 6.54 Å². The standard InChI is InChI=1S/C12H14N4/c1-9-4-3-5-12(16-9)13-7-11-6-10(2)14-8-15-11/h3-6,8H,7H2,1-2H3,(H,13,16). The van der Waals surface area contributed by atoms with E-state index in [1.165, 1.54) is 0 Å².